The minimum Gasteiger partial charge on any atom is -0.461 e. The van der Waals surface area contributed by atoms with Crippen molar-refractivity contribution >= 4 is 11.8 Å². The number of aliphatic hydroxyl groups excluding tert-OH is 4. The van der Waals surface area contributed by atoms with Crippen LogP contribution < -0.4 is 0 Å². The molecule has 166 valence electrons. The second-order valence-electron chi connectivity index (χ2n) is 8.72. The van der Waals surface area contributed by atoms with Gasteiger partial charge in [0.15, 0.2) is 5.76 Å². The molecule has 0 bridgehead atoms. The number of Topliss-reactive ketones (excluding diaryl/α,β-unsaturated/α-hetero) is 1. The van der Waals surface area contributed by atoms with Gasteiger partial charge in [0.25, 0.3) is 0 Å². The Balaban J connectivity index is 1.66. The molecule has 0 saturated carbocycles. The Morgan fingerprint density at radius 3 is 2.47 bits per heavy atom. The number of aliphatic hydroxyl groups is 4. The van der Waals surface area contributed by atoms with Crippen LogP contribution in [-0.2, 0) is 23.8 Å². The van der Waals surface area contributed by atoms with E-state index in [1.54, 1.807) is 6.92 Å². The van der Waals surface area contributed by atoms with E-state index in [0.717, 1.165) is 12.0 Å². The molecule has 4 aliphatic rings. The van der Waals surface area contributed by atoms with Gasteiger partial charge in [-0.2, -0.15) is 0 Å². The summed E-state index contributed by atoms with van der Waals surface area (Å²) in [6, 6.07) is 0. The summed E-state index contributed by atoms with van der Waals surface area (Å²) < 4.78 is 16.8. The summed E-state index contributed by atoms with van der Waals surface area (Å²) in [6.07, 6.45) is -6.36. The number of carbonyl (C=O) groups excluding carboxylic acids is 2. The van der Waals surface area contributed by atoms with Crippen LogP contribution in [0.25, 0.3) is 0 Å². The van der Waals surface area contributed by atoms with E-state index in [9.17, 15) is 30.0 Å². The molecule has 0 aromatic heterocycles. The molecule has 4 N–H and O–H groups in total. The van der Waals surface area contributed by atoms with Crippen molar-refractivity contribution in [1.29, 1.82) is 0 Å². The Bertz CT molecular complexity index is 813. The van der Waals surface area contributed by atoms with Gasteiger partial charge in [-0.05, 0) is 32.3 Å². The predicted molar refractivity (Wildman–Crippen MR) is 101 cm³/mol. The molecular formula is C21H28O9. The van der Waals surface area contributed by atoms with Crippen molar-refractivity contribution in [2.75, 3.05) is 6.61 Å². The first-order valence-corrected chi connectivity index (χ1v) is 10.3. The first-order valence-electron chi connectivity index (χ1n) is 10.3. The number of carbonyl (C=O) groups is 2. The monoisotopic (exact) mass is 424 g/mol. The Labute approximate surface area is 173 Å². The van der Waals surface area contributed by atoms with E-state index in [1.165, 1.54) is 0 Å². The van der Waals surface area contributed by atoms with E-state index in [1.807, 2.05) is 13.8 Å². The topological polar surface area (TPSA) is 143 Å². The quantitative estimate of drug-likeness (QED) is 0.444. The summed E-state index contributed by atoms with van der Waals surface area (Å²) in [7, 11) is 0. The third-order valence-corrected chi connectivity index (χ3v) is 7.00. The fourth-order valence-corrected chi connectivity index (χ4v) is 5.13. The van der Waals surface area contributed by atoms with E-state index in [4.69, 9.17) is 14.2 Å². The maximum Gasteiger partial charge on any atom is 0.309 e. The Morgan fingerprint density at radius 2 is 1.80 bits per heavy atom. The lowest BCUT2D eigenvalue weighted by Gasteiger charge is -2.39. The smallest absolute Gasteiger partial charge is 0.309 e. The zero-order chi connectivity index (χ0) is 21.9. The van der Waals surface area contributed by atoms with Crippen LogP contribution in [0, 0.1) is 17.8 Å². The van der Waals surface area contributed by atoms with Gasteiger partial charge in [0.05, 0.1) is 18.4 Å². The SMILES string of the molecule is CC1=C2C(=O)C(O[C@@H]3O[C@H](CO)[C@@H](O)[C@H](O)[C@H]3O)=C(C)[C@@H]2[C@H]2OC(=O)[C@@H](C)[C@@H]2CC1. The van der Waals surface area contributed by atoms with Gasteiger partial charge in [-0.1, -0.05) is 12.5 Å². The van der Waals surface area contributed by atoms with Gasteiger partial charge in [0.2, 0.25) is 12.1 Å². The third kappa shape index (κ3) is 3.11. The van der Waals surface area contributed by atoms with E-state index in [2.05, 4.69) is 0 Å². The van der Waals surface area contributed by atoms with Crippen LogP contribution in [0.1, 0.15) is 33.6 Å². The fourth-order valence-electron chi connectivity index (χ4n) is 5.13. The number of ether oxygens (including phenoxy) is 3. The molecule has 2 aliphatic carbocycles. The van der Waals surface area contributed by atoms with Crippen LogP contribution in [0.2, 0.25) is 0 Å². The van der Waals surface area contributed by atoms with Crippen molar-refractivity contribution in [1.82, 2.24) is 0 Å². The van der Waals surface area contributed by atoms with Gasteiger partial charge >= 0.3 is 5.97 Å². The maximum absolute atomic E-state index is 13.3. The van der Waals surface area contributed by atoms with E-state index in [-0.39, 0.29) is 29.3 Å². The molecule has 2 saturated heterocycles. The highest BCUT2D eigenvalue weighted by Gasteiger charge is 2.54. The van der Waals surface area contributed by atoms with Gasteiger partial charge in [0, 0.05) is 11.5 Å². The summed E-state index contributed by atoms with van der Waals surface area (Å²) in [6.45, 7) is 4.86. The summed E-state index contributed by atoms with van der Waals surface area (Å²) in [5.41, 5.74) is 2.03. The van der Waals surface area contributed by atoms with Crippen LogP contribution in [-0.4, -0.2) is 75.6 Å². The average Bonchev–Trinajstić information content (AvgIpc) is 3.06. The molecular weight excluding hydrogens is 396 g/mol. The summed E-state index contributed by atoms with van der Waals surface area (Å²) >= 11 is 0. The molecule has 9 nitrogen and oxygen atoms in total. The standard InChI is InChI=1S/C21H28O9/c1-7-4-5-10-8(2)20(27)29-19(10)13-9(3)18(15(24)12(7)13)30-21-17(26)16(25)14(23)11(6-22)28-21/h8,10-11,13-14,16-17,19,21-23,25-26H,4-6H2,1-3H3/t8-,10-,11+,13-,14+,16-,17+,19-,21-/m0/s1. The molecule has 0 aromatic rings. The van der Waals surface area contributed by atoms with Gasteiger partial charge < -0.3 is 34.6 Å². The molecule has 2 aliphatic heterocycles. The minimum atomic E-state index is -1.62. The highest BCUT2D eigenvalue weighted by atomic mass is 16.7. The fraction of sp³-hybridized carbons (Fsp3) is 0.714. The molecule has 9 atom stereocenters. The Morgan fingerprint density at radius 1 is 1.10 bits per heavy atom. The van der Waals surface area contributed by atoms with Crippen LogP contribution in [0.3, 0.4) is 0 Å². The molecule has 0 spiro atoms. The summed E-state index contributed by atoms with van der Waals surface area (Å²) in [4.78, 5) is 25.5. The Hall–Kier alpha value is -1.78. The number of fused-ring (bicyclic) bond motifs is 3. The van der Waals surface area contributed by atoms with Crippen molar-refractivity contribution in [3.63, 3.8) is 0 Å². The van der Waals surface area contributed by atoms with Crippen molar-refractivity contribution < 1.29 is 44.2 Å². The lowest BCUT2D eigenvalue weighted by molar-refractivity contribution is -0.290. The van der Waals surface area contributed by atoms with Crippen LogP contribution in [0.15, 0.2) is 22.5 Å². The van der Waals surface area contributed by atoms with Crippen molar-refractivity contribution in [2.45, 2.75) is 70.4 Å². The molecule has 0 radical (unpaired) electrons. The molecule has 0 unspecified atom stereocenters. The lowest BCUT2D eigenvalue weighted by atomic mass is 9.81. The van der Waals surface area contributed by atoms with Gasteiger partial charge in [0.1, 0.15) is 30.5 Å². The number of hydrogen-bond donors (Lipinski definition) is 4. The van der Waals surface area contributed by atoms with E-state index in [0.29, 0.717) is 17.6 Å². The molecule has 30 heavy (non-hydrogen) atoms. The maximum atomic E-state index is 13.3. The first kappa shape index (κ1) is 21.5. The van der Waals surface area contributed by atoms with Gasteiger partial charge in [-0.25, -0.2) is 0 Å². The second kappa shape index (κ2) is 7.72. The molecule has 0 amide bonds. The minimum absolute atomic E-state index is 0.00990. The molecule has 9 heteroatoms. The zero-order valence-corrected chi connectivity index (χ0v) is 17.1. The highest BCUT2D eigenvalue weighted by Crippen LogP contribution is 2.50. The molecule has 0 aromatic carbocycles. The zero-order valence-electron chi connectivity index (χ0n) is 17.1. The highest BCUT2D eigenvalue weighted by molar-refractivity contribution is 6.11. The normalized spacial score (nSPS) is 44.0. The van der Waals surface area contributed by atoms with Crippen molar-refractivity contribution in [2.24, 2.45) is 17.8 Å². The molecule has 4 rings (SSSR count). The van der Waals surface area contributed by atoms with Gasteiger partial charge in [-0.15, -0.1) is 0 Å². The van der Waals surface area contributed by atoms with Crippen LogP contribution in [0.5, 0.6) is 0 Å². The Kier molecular flexibility index (Phi) is 5.52. The number of rotatable bonds is 3. The molecule has 2 fully saturated rings. The number of allylic oxidation sites excluding steroid dienone is 2. The lowest BCUT2D eigenvalue weighted by Crippen LogP contribution is -2.59. The van der Waals surface area contributed by atoms with Gasteiger partial charge in [-0.3, -0.25) is 9.59 Å². The number of ketones is 1. The average molecular weight is 424 g/mol. The molecule has 2 heterocycles. The number of esters is 1. The van der Waals surface area contributed by atoms with E-state index >= 15 is 0 Å². The summed E-state index contributed by atoms with van der Waals surface area (Å²) in [5.74, 6) is -1.34. The predicted octanol–water partition coefficient (Wildman–Crippen LogP) is -0.436. The van der Waals surface area contributed by atoms with E-state index < -0.39 is 49.3 Å². The number of hydrogen-bond acceptors (Lipinski definition) is 9. The van der Waals surface area contributed by atoms with Crippen LogP contribution in [0.4, 0.5) is 0 Å². The first-order chi connectivity index (χ1) is 14.2. The van der Waals surface area contributed by atoms with Crippen LogP contribution >= 0.6 is 0 Å². The van der Waals surface area contributed by atoms with Crippen molar-refractivity contribution in [3.8, 4) is 0 Å². The second-order valence-corrected chi connectivity index (χ2v) is 8.72. The summed E-state index contributed by atoms with van der Waals surface area (Å²) in [5, 5.41) is 39.6. The third-order valence-electron chi connectivity index (χ3n) is 7.00. The largest absolute Gasteiger partial charge is 0.461 e. The van der Waals surface area contributed by atoms with Crippen molar-refractivity contribution in [3.05, 3.63) is 22.5 Å².